The third-order valence-corrected chi connectivity index (χ3v) is 3.02. The summed E-state index contributed by atoms with van der Waals surface area (Å²) in [7, 11) is 0. The summed E-state index contributed by atoms with van der Waals surface area (Å²) in [4.78, 5) is 0. The van der Waals surface area contributed by atoms with Crippen LogP contribution in [-0.2, 0) is 0 Å². The predicted octanol–water partition coefficient (Wildman–Crippen LogP) is 1.64. The summed E-state index contributed by atoms with van der Waals surface area (Å²) in [6.45, 7) is 3.39. The van der Waals surface area contributed by atoms with Gasteiger partial charge in [-0.2, -0.15) is 0 Å². The molecule has 0 aromatic heterocycles. The van der Waals surface area contributed by atoms with E-state index in [0.717, 1.165) is 13.0 Å². The normalized spacial score (nSPS) is 26.7. The van der Waals surface area contributed by atoms with Crippen molar-refractivity contribution in [1.82, 2.24) is 5.32 Å². The van der Waals surface area contributed by atoms with Gasteiger partial charge in [0, 0.05) is 18.6 Å². The highest BCUT2D eigenvalue weighted by Crippen LogP contribution is 2.28. The van der Waals surface area contributed by atoms with Crippen molar-refractivity contribution in [2.75, 3.05) is 13.2 Å². The lowest BCUT2D eigenvalue weighted by Crippen LogP contribution is -2.19. The van der Waals surface area contributed by atoms with Crippen LogP contribution in [0.25, 0.3) is 0 Å². The summed E-state index contributed by atoms with van der Waals surface area (Å²) in [5.41, 5.74) is 2.58. The highest BCUT2D eigenvalue weighted by atomic mass is 16.3. The van der Waals surface area contributed by atoms with Crippen molar-refractivity contribution in [3.05, 3.63) is 35.4 Å². The second-order valence-corrected chi connectivity index (χ2v) is 4.07. The molecule has 1 aromatic rings. The van der Waals surface area contributed by atoms with Crippen molar-refractivity contribution in [1.29, 1.82) is 0 Å². The van der Waals surface area contributed by atoms with Crippen molar-refractivity contribution >= 4 is 0 Å². The van der Waals surface area contributed by atoms with Gasteiger partial charge in [-0.3, -0.25) is 0 Å². The molecule has 0 unspecified atom stereocenters. The second-order valence-electron chi connectivity index (χ2n) is 4.07. The van der Waals surface area contributed by atoms with Crippen molar-refractivity contribution in [2.45, 2.75) is 19.4 Å². The fraction of sp³-hybridized carbons (Fsp3) is 0.500. The molecule has 0 saturated carbocycles. The van der Waals surface area contributed by atoms with E-state index < -0.39 is 0 Å². The van der Waals surface area contributed by atoms with Crippen molar-refractivity contribution < 1.29 is 5.11 Å². The van der Waals surface area contributed by atoms with Gasteiger partial charge < -0.3 is 10.4 Å². The van der Waals surface area contributed by atoms with Gasteiger partial charge in [0.25, 0.3) is 0 Å². The Labute approximate surface area is 85.0 Å². The smallest absolute Gasteiger partial charge is 0.0477 e. The van der Waals surface area contributed by atoms with E-state index in [1.807, 2.05) is 0 Å². The molecule has 0 amide bonds. The van der Waals surface area contributed by atoms with Gasteiger partial charge in [-0.05, 0) is 25.5 Å². The van der Waals surface area contributed by atoms with Crippen LogP contribution in [0.3, 0.4) is 0 Å². The van der Waals surface area contributed by atoms with E-state index in [9.17, 15) is 5.11 Å². The SMILES string of the molecule is Cc1ccc([C@H]2NCC[C@H]2CO)cc1. The van der Waals surface area contributed by atoms with Crippen LogP contribution in [0.15, 0.2) is 24.3 Å². The lowest BCUT2D eigenvalue weighted by molar-refractivity contribution is 0.214. The zero-order chi connectivity index (χ0) is 9.97. The number of nitrogens with one attached hydrogen (secondary N) is 1. The van der Waals surface area contributed by atoms with Crippen molar-refractivity contribution in [3.8, 4) is 0 Å². The lowest BCUT2D eigenvalue weighted by atomic mass is 9.94. The number of aryl methyl sites for hydroxylation is 1. The largest absolute Gasteiger partial charge is 0.396 e. The molecule has 76 valence electrons. The molecule has 2 heteroatoms. The Balaban J connectivity index is 2.17. The van der Waals surface area contributed by atoms with Gasteiger partial charge in [-0.1, -0.05) is 29.8 Å². The van der Waals surface area contributed by atoms with E-state index in [4.69, 9.17) is 0 Å². The predicted molar refractivity (Wildman–Crippen MR) is 57.1 cm³/mol. The number of hydrogen-bond acceptors (Lipinski definition) is 2. The van der Waals surface area contributed by atoms with Crippen LogP contribution >= 0.6 is 0 Å². The van der Waals surface area contributed by atoms with Gasteiger partial charge in [-0.15, -0.1) is 0 Å². The summed E-state index contributed by atoms with van der Waals surface area (Å²) < 4.78 is 0. The molecule has 2 atom stereocenters. The molecule has 1 saturated heterocycles. The molecule has 0 bridgehead atoms. The molecule has 2 rings (SSSR count). The summed E-state index contributed by atoms with van der Waals surface area (Å²) in [5, 5.41) is 12.6. The zero-order valence-corrected chi connectivity index (χ0v) is 8.53. The van der Waals surface area contributed by atoms with E-state index in [2.05, 4.69) is 36.5 Å². The van der Waals surface area contributed by atoms with Gasteiger partial charge in [0.15, 0.2) is 0 Å². The first-order valence-corrected chi connectivity index (χ1v) is 5.22. The molecule has 1 aliphatic heterocycles. The minimum absolute atomic E-state index is 0.283. The van der Waals surface area contributed by atoms with E-state index in [1.165, 1.54) is 11.1 Å². The van der Waals surface area contributed by atoms with Gasteiger partial charge in [0.05, 0.1) is 0 Å². The lowest BCUT2D eigenvalue weighted by Gasteiger charge is -2.17. The van der Waals surface area contributed by atoms with Crippen LogP contribution in [0.2, 0.25) is 0 Å². The molecule has 1 aliphatic rings. The molecule has 1 aromatic carbocycles. The topological polar surface area (TPSA) is 32.3 Å². The van der Waals surface area contributed by atoms with Crippen LogP contribution in [0.5, 0.6) is 0 Å². The number of hydrogen-bond donors (Lipinski definition) is 2. The fourth-order valence-electron chi connectivity index (χ4n) is 2.12. The van der Waals surface area contributed by atoms with Crippen molar-refractivity contribution in [3.63, 3.8) is 0 Å². The Morgan fingerprint density at radius 2 is 2.07 bits per heavy atom. The van der Waals surface area contributed by atoms with E-state index >= 15 is 0 Å². The standard InChI is InChI=1S/C12H17NO/c1-9-2-4-10(5-3-9)12-11(8-14)6-7-13-12/h2-5,11-14H,6-8H2,1H3/t11-,12+/m0/s1. The Hall–Kier alpha value is -0.860. The van der Waals surface area contributed by atoms with Crippen LogP contribution in [0.1, 0.15) is 23.6 Å². The zero-order valence-electron chi connectivity index (χ0n) is 8.53. The van der Waals surface area contributed by atoms with Gasteiger partial charge in [-0.25, -0.2) is 0 Å². The van der Waals surface area contributed by atoms with Gasteiger partial charge in [0.1, 0.15) is 0 Å². The summed E-state index contributed by atoms with van der Waals surface area (Å²) >= 11 is 0. The first-order chi connectivity index (χ1) is 6.81. The van der Waals surface area contributed by atoms with E-state index in [1.54, 1.807) is 0 Å². The molecule has 1 heterocycles. The highest BCUT2D eigenvalue weighted by molar-refractivity contribution is 5.25. The summed E-state index contributed by atoms with van der Waals surface area (Å²) in [6, 6.07) is 8.91. The number of rotatable bonds is 2. The Bertz CT molecular complexity index is 294. The quantitative estimate of drug-likeness (QED) is 0.744. The van der Waals surface area contributed by atoms with Crippen LogP contribution in [0, 0.1) is 12.8 Å². The molecule has 0 radical (unpaired) electrons. The van der Waals surface area contributed by atoms with E-state index in [-0.39, 0.29) is 6.61 Å². The third-order valence-electron chi connectivity index (χ3n) is 3.02. The molecular formula is C12H17NO. The number of aliphatic hydroxyl groups excluding tert-OH is 1. The maximum atomic E-state index is 9.21. The second kappa shape index (κ2) is 4.11. The first kappa shape index (κ1) is 9.69. The van der Waals surface area contributed by atoms with E-state index in [0.29, 0.717) is 12.0 Å². The third kappa shape index (κ3) is 1.81. The molecule has 0 aliphatic carbocycles. The minimum atomic E-state index is 0.283. The van der Waals surface area contributed by atoms with Gasteiger partial charge in [0.2, 0.25) is 0 Å². The van der Waals surface area contributed by atoms with Crippen LogP contribution in [0.4, 0.5) is 0 Å². The number of aliphatic hydroxyl groups is 1. The average Bonchev–Trinajstić information content (AvgIpc) is 2.67. The average molecular weight is 191 g/mol. The maximum absolute atomic E-state index is 9.21. The van der Waals surface area contributed by atoms with Gasteiger partial charge >= 0.3 is 0 Å². The fourth-order valence-corrected chi connectivity index (χ4v) is 2.12. The Morgan fingerprint density at radius 1 is 1.36 bits per heavy atom. The number of benzene rings is 1. The maximum Gasteiger partial charge on any atom is 0.0477 e. The Kier molecular flexibility index (Phi) is 2.85. The molecular weight excluding hydrogens is 174 g/mol. The molecule has 0 spiro atoms. The Morgan fingerprint density at radius 3 is 2.71 bits per heavy atom. The molecule has 2 nitrogen and oxygen atoms in total. The molecule has 2 N–H and O–H groups in total. The monoisotopic (exact) mass is 191 g/mol. The summed E-state index contributed by atoms with van der Waals surface area (Å²) in [6.07, 6.45) is 1.08. The summed E-state index contributed by atoms with van der Waals surface area (Å²) in [5.74, 6) is 0.387. The highest BCUT2D eigenvalue weighted by Gasteiger charge is 2.26. The van der Waals surface area contributed by atoms with Crippen molar-refractivity contribution in [2.24, 2.45) is 5.92 Å². The molecule has 14 heavy (non-hydrogen) atoms. The van der Waals surface area contributed by atoms with Crippen LogP contribution in [-0.4, -0.2) is 18.3 Å². The van der Waals surface area contributed by atoms with Crippen LogP contribution < -0.4 is 5.32 Å². The first-order valence-electron chi connectivity index (χ1n) is 5.22. The molecule has 1 fully saturated rings. The minimum Gasteiger partial charge on any atom is -0.396 e.